The first-order valence-corrected chi connectivity index (χ1v) is 8.46. The Bertz CT molecular complexity index is 972. The normalized spacial score (nSPS) is 11.2. The van der Waals surface area contributed by atoms with Gasteiger partial charge in [-0.05, 0) is 31.2 Å². The van der Waals surface area contributed by atoms with Crippen LogP contribution in [0.1, 0.15) is 5.69 Å². The lowest BCUT2D eigenvalue weighted by atomic mass is 10.3. The zero-order chi connectivity index (χ0) is 15.8. The molecule has 23 heavy (non-hydrogen) atoms. The van der Waals surface area contributed by atoms with E-state index in [1.54, 1.807) is 11.3 Å². The Morgan fingerprint density at radius 1 is 1.09 bits per heavy atom. The third-order valence-electron chi connectivity index (χ3n) is 3.63. The number of benzene rings is 1. The van der Waals surface area contributed by atoms with E-state index in [9.17, 15) is 0 Å². The predicted octanol–water partition coefficient (Wildman–Crippen LogP) is 3.95. The fraction of sp³-hybridized carbons (Fsp3) is 0.0588. The summed E-state index contributed by atoms with van der Waals surface area (Å²) in [6.45, 7) is 2.02. The van der Waals surface area contributed by atoms with Crippen molar-refractivity contribution in [1.29, 1.82) is 0 Å². The molecule has 3 aromatic heterocycles. The number of hydrogen-bond acceptors (Lipinski definition) is 3. The molecule has 114 valence electrons. The van der Waals surface area contributed by atoms with E-state index in [4.69, 9.17) is 16.6 Å². The summed E-state index contributed by atoms with van der Waals surface area (Å²) in [6, 6.07) is 13.7. The molecule has 0 atom stereocenters. The van der Waals surface area contributed by atoms with Gasteiger partial charge in [-0.25, -0.2) is 4.98 Å². The summed E-state index contributed by atoms with van der Waals surface area (Å²) in [5, 5.41) is 5.84. The predicted molar refractivity (Wildman–Crippen MR) is 93.7 cm³/mol. The summed E-state index contributed by atoms with van der Waals surface area (Å²) >= 11 is 7.55. The van der Waals surface area contributed by atoms with Crippen molar-refractivity contribution in [2.24, 2.45) is 0 Å². The van der Waals surface area contributed by atoms with Crippen molar-refractivity contribution in [3.63, 3.8) is 0 Å². The maximum atomic E-state index is 5.92. The van der Waals surface area contributed by atoms with Crippen LogP contribution in [-0.4, -0.2) is 14.4 Å². The first kappa shape index (κ1) is 14.4. The van der Waals surface area contributed by atoms with Gasteiger partial charge in [0, 0.05) is 28.7 Å². The second-order valence-electron chi connectivity index (χ2n) is 5.24. The Morgan fingerprint density at radius 2 is 1.91 bits per heavy atom. The van der Waals surface area contributed by atoms with E-state index in [1.165, 1.54) is 0 Å². The second-order valence-corrected chi connectivity index (χ2v) is 6.57. The maximum Gasteiger partial charge on any atom is 0.288 e. The third kappa shape index (κ3) is 2.74. The molecule has 0 amide bonds. The van der Waals surface area contributed by atoms with Crippen molar-refractivity contribution in [2.75, 3.05) is 0 Å². The summed E-state index contributed by atoms with van der Waals surface area (Å²) < 4.78 is 2.08. The van der Waals surface area contributed by atoms with Crippen molar-refractivity contribution in [3.05, 3.63) is 64.8 Å². The number of pyridine rings is 1. The Balaban J connectivity index is 1.69. The molecule has 0 spiro atoms. The van der Waals surface area contributed by atoms with Crippen molar-refractivity contribution in [2.45, 2.75) is 6.92 Å². The van der Waals surface area contributed by atoms with E-state index in [1.807, 2.05) is 55.6 Å². The largest absolute Gasteiger partial charge is 0.298 e. The van der Waals surface area contributed by atoms with Gasteiger partial charge in [-0.2, -0.15) is 4.98 Å². The highest BCUT2D eigenvalue weighted by atomic mass is 35.5. The fourth-order valence-electron chi connectivity index (χ4n) is 2.59. The smallest absolute Gasteiger partial charge is 0.288 e. The Kier molecular flexibility index (Phi) is 3.61. The van der Waals surface area contributed by atoms with Crippen LogP contribution in [0.15, 0.2) is 54.0 Å². The second kappa shape index (κ2) is 5.77. The van der Waals surface area contributed by atoms with Gasteiger partial charge < -0.3 is 0 Å². The average molecular weight is 342 g/mol. The molecule has 0 saturated heterocycles. The summed E-state index contributed by atoms with van der Waals surface area (Å²) in [6.07, 6.45) is 2.02. The van der Waals surface area contributed by atoms with Crippen LogP contribution in [0.5, 0.6) is 0 Å². The van der Waals surface area contributed by atoms with Crippen LogP contribution in [0.25, 0.3) is 17.0 Å². The van der Waals surface area contributed by atoms with Crippen molar-refractivity contribution >= 4 is 39.4 Å². The lowest BCUT2D eigenvalue weighted by molar-refractivity contribution is -0.478. The molecule has 0 radical (unpaired) electrons. The molecular weight excluding hydrogens is 328 g/mol. The van der Waals surface area contributed by atoms with Crippen LogP contribution in [0, 0.1) is 6.92 Å². The molecule has 6 heteroatoms. The molecule has 4 aromatic rings. The van der Waals surface area contributed by atoms with Crippen molar-refractivity contribution < 1.29 is 5.32 Å². The van der Waals surface area contributed by atoms with E-state index in [0.29, 0.717) is 0 Å². The van der Waals surface area contributed by atoms with Gasteiger partial charge in [-0.3, -0.25) is 9.72 Å². The molecule has 0 aliphatic heterocycles. The average Bonchev–Trinajstić information content (AvgIpc) is 3.12. The van der Waals surface area contributed by atoms with Crippen LogP contribution < -0.4 is 5.32 Å². The van der Waals surface area contributed by atoms with E-state index >= 15 is 0 Å². The monoisotopic (exact) mass is 341 g/mol. The topological polar surface area (TPSA) is 46.8 Å². The molecular formula is C17H14ClN4S+. The lowest BCUT2D eigenvalue weighted by Crippen LogP contribution is -2.70. The fourth-order valence-corrected chi connectivity index (χ4v) is 3.46. The number of quaternary nitrogens is 1. The standard InChI is InChI=1S/C17H13ClN4S/c1-11-16(22-9-3-2-4-15(22)19-11)14-10-23-17(21-14)20-13-7-5-12(18)6-8-13/h2-10H,1H3,(H,20,21)/p+1. The Hall–Kier alpha value is -2.21. The summed E-state index contributed by atoms with van der Waals surface area (Å²) in [7, 11) is 0. The van der Waals surface area contributed by atoms with Gasteiger partial charge in [0.2, 0.25) is 0 Å². The molecule has 3 heterocycles. The number of hydrogen-bond donors (Lipinski definition) is 1. The summed E-state index contributed by atoms with van der Waals surface area (Å²) in [5.41, 5.74) is 5.01. The van der Waals surface area contributed by atoms with Gasteiger partial charge in [0.05, 0.1) is 11.4 Å². The molecule has 0 saturated carbocycles. The number of thiazole rings is 1. The van der Waals surface area contributed by atoms with E-state index in [2.05, 4.69) is 20.1 Å². The van der Waals surface area contributed by atoms with E-state index in [0.717, 1.165) is 38.6 Å². The highest BCUT2D eigenvalue weighted by Crippen LogP contribution is 2.27. The molecule has 0 bridgehead atoms. The van der Waals surface area contributed by atoms with Gasteiger partial charge in [0.25, 0.3) is 5.13 Å². The van der Waals surface area contributed by atoms with Gasteiger partial charge in [-0.15, -0.1) is 0 Å². The first-order chi connectivity index (χ1) is 11.2. The molecule has 0 aliphatic rings. The summed E-state index contributed by atoms with van der Waals surface area (Å²) in [5.74, 6) is 0. The minimum atomic E-state index is 0.739. The zero-order valence-electron chi connectivity index (χ0n) is 12.4. The number of fused-ring (bicyclic) bond motifs is 1. The molecule has 2 N–H and O–H groups in total. The van der Waals surface area contributed by atoms with Gasteiger partial charge in [0.15, 0.2) is 0 Å². The van der Waals surface area contributed by atoms with Crippen molar-refractivity contribution in [3.8, 4) is 11.4 Å². The highest BCUT2D eigenvalue weighted by molar-refractivity contribution is 7.13. The Morgan fingerprint density at radius 3 is 2.74 bits per heavy atom. The number of imidazole rings is 1. The van der Waals surface area contributed by atoms with Gasteiger partial charge in [0.1, 0.15) is 17.0 Å². The Labute approximate surface area is 142 Å². The molecule has 0 unspecified atom stereocenters. The summed E-state index contributed by atoms with van der Waals surface area (Å²) in [4.78, 5) is 9.35. The van der Waals surface area contributed by atoms with Crippen LogP contribution in [0.3, 0.4) is 0 Å². The van der Waals surface area contributed by atoms with Gasteiger partial charge in [-0.1, -0.05) is 29.0 Å². The van der Waals surface area contributed by atoms with Crippen LogP contribution in [-0.2, 0) is 0 Å². The SMILES string of the molecule is Cc1nc2ccccn2c1-c1csc([NH2+]c2ccc(Cl)cc2)n1. The number of halogens is 1. The zero-order valence-corrected chi connectivity index (χ0v) is 14.0. The molecule has 4 rings (SSSR count). The van der Waals surface area contributed by atoms with E-state index < -0.39 is 0 Å². The maximum absolute atomic E-state index is 5.92. The van der Waals surface area contributed by atoms with Crippen LogP contribution in [0.2, 0.25) is 5.02 Å². The van der Waals surface area contributed by atoms with Gasteiger partial charge >= 0.3 is 0 Å². The number of nitrogens with two attached hydrogens (primary N) is 1. The minimum Gasteiger partial charge on any atom is -0.298 e. The third-order valence-corrected chi connectivity index (χ3v) is 4.67. The number of nitrogens with zero attached hydrogens (tertiary/aromatic N) is 3. The minimum absolute atomic E-state index is 0.739. The van der Waals surface area contributed by atoms with Crippen LogP contribution in [0.4, 0.5) is 10.8 Å². The molecule has 0 fully saturated rings. The molecule has 4 nitrogen and oxygen atoms in total. The van der Waals surface area contributed by atoms with Crippen molar-refractivity contribution in [1.82, 2.24) is 14.4 Å². The quantitative estimate of drug-likeness (QED) is 0.574. The first-order valence-electron chi connectivity index (χ1n) is 7.20. The van der Waals surface area contributed by atoms with Crippen LogP contribution >= 0.6 is 22.9 Å². The number of aryl methyl sites for hydroxylation is 1. The lowest BCUT2D eigenvalue weighted by Gasteiger charge is -1.99. The molecule has 0 aliphatic carbocycles. The number of rotatable bonds is 3. The number of aromatic nitrogens is 3. The highest BCUT2D eigenvalue weighted by Gasteiger charge is 2.15. The van der Waals surface area contributed by atoms with E-state index in [-0.39, 0.29) is 0 Å². The molecule has 1 aromatic carbocycles.